The molecule has 1 aliphatic rings. The van der Waals surface area contributed by atoms with Crippen LogP contribution in [0, 0.1) is 0 Å². The van der Waals surface area contributed by atoms with Gasteiger partial charge in [-0.15, -0.1) is 10.2 Å². The lowest BCUT2D eigenvalue weighted by Gasteiger charge is -2.19. The average molecular weight is 449 g/mol. The first-order valence-corrected chi connectivity index (χ1v) is 11.8. The van der Waals surface area contributed by atoms with Gasteiger partial charge in [0.1, 0.15) is 0 Å². The Balaban J connectivity index is 1.44. The summed E-state index contributed by atoms with van der Waals surface area (Å²) in [5.41, 5.74) is 3.76. The number of rotatable bonds is 6. The lowest BCUT2D eigenvalue weighted by atomic mass is 9.87. The Hall–Kier alpha value is -2.93. The van der Waals surface area contributed by atoms with Crippen molar-refractivity contribution in [2.45, 2.75) is 44.2 Å². The van der Waals surface area contributed by atoms with Crippen LogP contribution >= 0.6 is 11.8 Å². The molecule has 32 heavy (non-hydrogen) atoms. The molecule has 0 radical (unpaired) electrons. The summed E-state index contributed by atoms with van der Waals surface area (Å²) in [6.45, 7) is 7.28. The Labute approximate surface area is 193 Å². The fraction of sp³-hybridized carbons (Fsp3) is 0.360. The highest BCUT2D eigenvalue weighted by molar-refractivity contribution is 7.99. The molecule has 1 aliphatic heterocycles. The van der Waals surface area contributed by atoms with Crippen molar-refractivity contribution in [2.75, 3.05) is 17.2 Å². The summed E-state index contributed by atoms with van der Waals surface area (Å²) in [4.78, 5) is 26.6. The van der Waals surface area contributed by atoms with Crippen LogP contribution in [0.25, 0.3) is 11.4 Å². The fourth-order valence-corrected chi connectivity index (χ4v) is 4.60. The smallest absolute Gasteiger partial charge is 0.227 e. The van der Waals surface area contributed by atoms with Crippen molar-refractivity contribution in [2.24, 2.45) is 7.05 Å². The highest BCUT2D eigenvalue weighted by atomic mass is 32.2. The standard InChI is InChI=1S/C25H28N4O2S/c1-25(2,3)19-12-10-17(11-13-19)23-26-27-24(28(23)4)32-16-21(30)18-7-5-8-20(15-18)29-14-6-9-22(29)31/h5,7-8,10-13,15H,6,9,14,16H2,1-4H3. The molecule has 1 amide bonds. The van der Waals surface area contributed by atoms with Gasteiger partial charge in [-0.2, -0.15) is 0 Å². The van der Waals surface area contributed by atoms with E-state index in [4.69, 9.17) is 0 Å². The van der Waals surface area contributed by atoms with Gasteiger partial charge in [0.15, 0.2) is 16.8 Å². The first-order chi connectivity index (χ1) is 15.2. The van der Waals surface area contributed by atoms with E-state index in [1.165, 1.54) is 17.3 Å². The molecule has 7 heteroatoms. The Morgan fingerprint density at radius 3 is 2.50 bits per heavy atom. The van der Waals surface area contributed by atoms with Crippen LogP contribution in [0.3, 0.4) is 0 Å². The van der Waals surface area contributed by atoms with Crippen molar-refractivity contribution in [1.29, 1.82) is 0 Å². The molecule has 0 unspecified atom stereocenters. The van der Waals surface area contributed by atoms with Crippen molar-refractivity contribution in [3.8, 4) is 11.4 Å². The molecular formula is C25H28N4O2S. The number of carbonyl (C=O) groups is 2. The summed E-state index contributed by atoms with van der Waals surface area (Å²) < 4.78 is 1.92. The second-order valence-electron chi connectivity index (χ2n) is 9.10. The lowest BCUT2D eigenvalue weighted by Crippen LogP contribution is -2.23. The molecule has 4 rings (SSSR count). The second-order valence-corrected chi connectivity index (χ2v) is 10.0. The SMILES string of the molecule is Cn1c(SCC(=O)c2cccc(N3CCCC3=O)c2)nnc1-c1ccc(C(C)(C)C)cc1. The van der Waals surface area contributed by atoms with Gasteiger partial charge in [0, 0.05) is 36.8 Å². The minimum Gasteiger partial charge on any atom is -0.312 e. The predicted octanol–water partition coefficient (Wildman–Crippen LogP) is 4.88. The van der Waals surface area contributed by atoms with Crippen LogP contribution in [0.5, 0.6) is 0 Å². The van der Waals surface area contributed by atoms with Crippen LogP contribution < -0.4 is 4.90 Å². The van der Waals surface area contributed by atoms with E-state index in [2.05, 4.69) is 55.2 Å². The monoisotopic (exact) mass is 448 g/mol. The van der Waals surface area contributed by atoms with Crippen LogP contribution in [0.4, 0.5) is 5.69 Å². The number of ketones is 1. The molecule has 0 spiro atoms. The molecule has 0 saturated carbocycles. The number of hydrogen-bond acceptors (Lipinski definition) is 5. The van der Waals surface area contributed by atoms with Gasteiger partial charge in [-0.1, -0.05) is 68.9 Å². The number of carbonyl (C=O) groups excluding carboxylic acids is 2. The molecule has 1 fully saturated rings. The van der Waals surface area contributed by atoms with Gasteiger partial charge in [-0.3, -0.25) is 9.59 Å². The number of amides is 1. The van der Waals surface area contributed by atoms with Crippen molar-refractivity contribution in [3.63, 3.8) is 0 Å². The van der Waals surface area contributed by atoms with E-state index < -0.39 is 0 Å². The van der Waals surface area contributed by atoms with E-state index in [1.54, 1.807) is 11.0 Å². The molecule has 2 aromatic carbocycles. The number of Topliss-reactive ketones (excluding diaryl/α,β-unsaturated/α-hetero) is 1. The van der Waals surface area contributed by atoms with E-state index in [0.29, 0.717) is 23.7 Å². The van der Waals surface area contributed by atoms with Gasteiger partial charge >= 0.3 is 0 Å². The van der Waals surface area contributed by atoms with E-state index in [-0.39, 0.29) is 22.9 Å². The normalized spacial score (nSPS) is 14.2. The molecule has 0 aliphatic carbocycles. The van der Waals surface area contributed by atoms with Crippen LogP contribution in [0.15, 0.2) is 53.7 Å². The molecule has 1 saturated heterocycles. The highest BCUT2D eigenvalue weighted by Gasteiger charge is 2.22. The van der Waals surface area contributed by atoms with Crippen molar-refractivity contribution in [3.05, 3.63) is 59.7 Å². The molecule has 166 valence electrons. The summed E-state index contributed by atoms with van der Waals surface area (Å²) in [5.74, 6) is 1.15. The molecule has 0 N–H and O–H groups in total. The van der Waals surface area contributed by atoms with Gasteiger partial charge in [0.25, 0.3) is 0 Å². The Bertz CT molecular complexity index is 1150. The predicted molar refractivity (Wildman–Crippen MR) is 128 cm³/mol. The molecule has 6 nitrogen and oxygen atoms in total. The number of nitrogens with zero attached hydrogens (tertiary/aromatic N) is 4. The maximum absolute atomic E-state index is 12.8. The highest BCUT2D eigenvalue weighted by Crippen LogP contribution is 2.28. The molecular weight excluding hydrogens is 420 g/mol. The summed E-state index contributed by atoms with van der Waals surface area (Å²) in [6.07, 6.45) is 1.43. The van der Waals surface area contributed by atoms with Gasteiger partial charge < -0.3 is 9.47 Å². The Morgan fingerprint density at radius 2 is 1.84 bits per heavy atom. The minimum absolute atomic E-state index is 0.00239. The van der Waals surface area contributed by atoms with E-state index in [0.717, 1.165) is 23.5 Å². The van der Waals surface area contributed by atoms with Crippen LogP contribution in [-0.4, -0.2) is 38.8 Å². The second kappa shape index (κ2) is 8.90. The van der Waals surface area contributed by atoms with Gasteiger partial charge in [-0.05, 0) is 29.5 Å². The Kier molecular flexibility index (Phi) is 6.20. The fourth-order valence-electron chi connectivity index (χ4n) is 3.79. The lowest BCUT2D eigenvalue weighted by molar-refractivity contribution is -0.117. The number of anilines is 1. The zero-order valence-corrected chi connectivity index (χ0v) is 19.8. The van der Waals surface area contributed by atoms with Gasteiger partial charge in [-0.25, -0.2) is 0 Å². The first kappa shape index (κ1) is 22.3. The third-order valence-electron chi connectivity index (χ3n) is 5.73. The maximum Gasteiger partial charge on any atom is 0.227 e. The molecule has 0 bridgehead atoms. The van der Waals surface area contributed by atoms with Crippen LogP contribution in [0.2, 0.25) is 0 Å². The van der Waals surface area contributed by atoms with E-state index in [9.17, 15) is 9.59 Å². The minimum atomic E-state index is 0.00239. The zero-order valence-electron chi connectivity index (χ0n) is 19.0. The Morgan fingerprint density at radius 1 is 1.09 bits per heavy atom. The molecule has 2 heterocycles. The number of thioether (sulfide) groups is 1. The zero-order chi connectivity index (χ0) is 22.9. The third kappa shape index (κ3) is 4.63. The number of aromatic nitrogens is 3. The van der Waals surface area contributed by atoms with Crippen molar-refractivity contribution in [1.82, 2.24) is 14.8 Å². The van der Waals surface area contributed by atoms with E-state index >= 15 is 0 Å². The quantitative estimate of drug-likeness (QED) is 0.397. The van der Waals surface area contributed by atoms with Crippen molar-refractivity contribution >= 4 is 29.1 Å². The summed E-state index contributed by atoms with van der Waals surface area (Å²) in [5, 5.41) is 9.32. The summed E-state index contributed by atoms with van der Waals surface area (Å²) >= 11 is 1.37. The molecule has 0 atom stereocenters. The third-order valence-corrected chi connectivity index (χ3v) is 6.75. The summed E-state index contributed by atoms with van der Waals surface area (Å²) in [6, 6.07) is 15.7. The number of benzene rings is 2. The maximum atomic E-state index is 12.8. The number of hydrogen-bond donors (Lipinski definition) is 0. The largest absolute Gasteiger partial charge is 0.312 e. The van der Waals surface area contributed by atoms with Gasteiger partial charge in [0.05, 0.1) is 5.75 Å². The summed E-state index contributed by atoms with van der Waals surface area (Å²) in [7, 11) is 1.92. The molecule has 1 aromatic heterocycles. The van der Waals surface area contributed by atoms with Crippen LogP contribution in [-0.2, 0) is 17.3 Å². The van der Waals surface area contributed by atoms with Gasteiger partial charge in [0.2, 0.25) is 5.91 Å². The van der Waals surface area contributed by atoms with Crippen LogP contribution in [0.1, 0.15) is 49.5 Å². The molecule has 3 aromatic rings. The van der Waals surface area contributed by atoms with E-state index in [1.807, 2.05) is 29.8 Å². The average Bonchev–Trinajstić information content (AvgIpc) is 3.37. The topological polar surface area (TPSA) is 68.1 Å². The first-order valence-electron chi connectivity index (χ1n) is 10.8. The van der Waals surface area contributed by atoms with Crippen molar-refractivity contribution < 1.29 is 9.59 Å².